The van der Waals surface area contributed by atoms with E-state index in [2.05, 4.69) is 6.07 Å². The summed E-state index contributed by atoms with van der Waals surface area (Å²) in [5.41, 5.74) is 2.90. The second-order valence-electron chi connectivity index (χ2n) is 2.65. The first kappa shape index (κ1) is 8.30. The Hall–Kier alpha value is -1.80. The number of rotatable bonds is 0. The fourth-order valence-corrected chi connectivity index (χ4v) is 1.14. The fourth-order valence-electron chi connectivity index (χ4n) is 1.14. The van der Waals surface area contributed by atoms with Crippen molar-refractivity contribution >= 4 is 0 Å². The largest absolute Gasteiger partial charge is 0.192 e. The summed E-state index contributed by atoms with van der Waals surface area (Å²) >= 11 is 0. The van der Waals surface area contributed by atoms with Gasteiger partial charge in [0, 0.05) is 0 Å². The van der Waals surface area contributed by atoms with Crippen molar-refractivity contribution in [1.82, 2.24) is 0 Å². The zero-order valence-electron chi connectivity index (χ0n) is 7.05. The minimum absolute atomic E-state index is 0.581. The number of aryl methyl sites for hydroxylation is 1. The van der Waals surface area contributed by atoms with E-state index in [0.717, 1.165) is 11.1 Å². The Morgan fingerprint density at radius 1 is 1.08 bits per heavy atom. The predicted octanol–water partition coefficient (Wildman–Crippen LogP) is 2.05. The molecule has 0 saturated carbocycles. The molecule has 12 heavy (non-hydrogen) atoms. The van der Waals surface area contributed by atoms with Crippen molar-refractivity contribution in [3.05, 3.63) is 34.4 Å². The molecule has 0 aliphatic rings. The van der Waals surface area contributed by atoms with Crippen molar-refractivity contribution in [3.8, 4) is 12.1 Å². The third kappa shape index (κ3) is 1.15. The lowest BCUT2D eigenvalue weighted by Crippen LogP contribution is -1.91. The molecule has 0 saturated heterocycles. The topological polar surface area (TPSA) is 47.6 Å². The van der Waals surface area contributed by atoms with Crippen LogP contribution in [-0.2, 0) is 0 Å². The Bertz CT molecular complexity index is 392. The minimum atomic E-state index is 0.581. The lowest BCUT2D eigenvalue weighted by Gasteiger charge is -2.02. The van der Waals surface area contributed by atoms with Gasteiger partial charge in [-0.3, -0.25) is 0 Å². The van der Waals surface area contributed by atoms with Crippen LogP contribution in [0.5, 0.6) is 0 Å². The van der Waals surface area contributed by atoms with Gasteiger partial charge in [-0.15, -0.1) is 0 Å². The normalized spacial score (nSPS) is 8.67. The lowest BCUT2D eigenvalue weighted by atomic mass is 9.99. The standard InChI is InChI=1S/C10H8N2/c1-7-3-4-9(5-11)8(2)10(7)6-12/h3-4H,1-2H3. The molecule has 0 amide bonds. The van der Waals surface area contributed by atoms with E-state index < -0.39 is 0 Å². The Labute approximate surface area is 71.7 Å². The maximum Gasteiger partial charge on any atom is 0.0997 e. The summed E-state index contributed by atoms with van der Waals surface area (Å²) in [7, 11) is 0. The summed E-state index contributed by atoms with van der Waals surface area (Å²) in [5, 5.41) is 17.4. The number of hydrogen-bond donors (Lipinski definition) is 0. The monoisotopic (exact) mass is 156 g/mol. The van der Waals surface area contributed by atoms with Crippen molar-refractivity contribution in [2.24, 2.45) is 0 Å². The lowest BCUT2D eigenvalue weighted by molar-refractivity contribution is 1.29. The van der Waals surface area contributed by atoms with Crippen LogP contribution in [0.1, 0.15) is 22.3 Å². The van der Waals surface area contributed by atoms with Crippen LogP contribution >= 0.6 is 0 Å². The van der Waals surface area contributed by atoms with Gasteiger partial charge < -0.3 is 0 Å². The van der Waals surface area contributed by atoms with Crippen molar-refractivity contribution in [2.75, 3.05) is 0 Å². The molecule has 1 aromatic carbocycles. The predicted molar refractivity (Wildman–Crippen MR) is 45.3 cm³/mol. The van der Waals surface area contributed by atoms with Crippen LogP contribution in [-0.4, -0.2) is 0 Å². The van der Waals surface area contributed by atoms with Crippen LogP contribution < -0.4 is 0 Å². The van der Waals surface area contributed by atoms with Gasteiger partial charge in [-0.1, -0.05) is 6.07 Å². The molecule has 1 aromatic rings. The van der Waals surface area contributed by atoms with E-state index in [-0.39, 0.29) is 0 Å². The molecule has 2 nitrogen and oxygen atoms in total. The number of nitrogens with zero attached hydrogens (tertiary/aromatic N) is 2. The highest BCUT2D eigenvalue weighted by molar-refractivity contribution is 5.51. The molecule has 0 N–H and O–H groups in total. The third-order valence-electron chi connectivity index (χ3n) is 1.91. The fraction of sp³-hybridized carbons (Fsp3) is 0.200. The average molecular weight is 156 g/mol. The Balaban J connectivity index is 3.50. The number of hydrogen-bond acceptors (Lipinski definition) is 2. The molecule has 0 unspecified atom stereocenters. The summed E-state index contributed by atoms with van der Waals surface area (Å²) in [6, 6.07) is 7.67. The first-order valence-electron chi connectivity index (χ1n) is 3.61. The highest BCUT2D eigenvalue weighted by Gasteiger charge is 2.05. The van der Waals surface area contributed by atoms with Crippen molar-refractivity contribution in [3.63, 3.8) is 0 Å². The highest BCUT2D eigenvalue weighted by Crippen LogP contribution is 2.15. The van der Waals surface area contributed by atoms with Gasteiger partial charge in [0.2, 0.25) is 0 Å². The molecule has 0 heterocycles. The van der Waals surface area contributed by atoms with E-state index in [1.165, 1.54) is 0 Å². The molecular weight excluding hydrogens is 148 g/mol. The smallest absolute Gasteiger partial charge is 0.0997 e. The van der Waals surface area contributed by atoms with E-state index in [4.69, 9.17) is 10.5 Å². The van der Waals surface area contributed by atoms with Gasteiger partial charge in [-0.25, -0.2) is 0 Å². The van der Waals surface area contributed by atoms with Gasteiger partial charge in [0.05, 0.1) is 23.3 Å². The Morgan fingerprint density at radius 2 is 1.75 bits per heavy atom. The van der Waals surface area contributed by atoms with Crippen molar-refractivity contribution in [1.29, 1.82) is 10.5 Å². The molecule has 0 atom stereocenters. The van der Waals surface area contributed by atoms with E-state index in [9.17, 15) is 0 Å². The summed E-state index contributed by atoms with van der Waals surface area (Å²) in [6.45, 7) is 3.66. The van der Waals surface area contributed by atoms with E-state index in [0.29, 0.717) is 11.1 Å². The van der Waals surface area contributed by atoms with Gasteiger partial charge in [-0.2, -0.15) is 10.5 Å². The van der Waals surface area contributed by atoms with E-state index in [1.54, 1.807) is 19.1 Å². The van der Waals surface area contributed by atoms with Crippen molar-refractivity contribution < 1.29 is 0 Å². The molecule has 0 spiro atoms. The van der Waals surface area contributed by atoms with Crippen LogP contribution in [0.25, 0.3) is 0 Å². The Kier molecular flexibility index (Phi) is 2.12. The first-order valence-corrected chi connectivity index (χ1v) is 3.61. The molecule has 0 aliphatic heterocycles. The van der Waals surface area contributed by atoms with Gasteiger partial charge in [0.15, 0.2) is 0 Å². The molecule has 58 valence electrons. The summed E-state index contributed by atoms with van der Waals surface area (Å²) in [5.74, 6) is 0. The van der Waals surface area contributed by atoms with Crippen LogP contribution in [0.15, 0.2) is 12.1 Å². The van der Waals surface area contributed by atoms with E-state index in [1.807, 2.05) is 13.0 Å². The van der Waals surface area contributed by atoms with Crippen molar-refractivity contribution in [2.45, 2.75) is 13.8 Å². The van der Waals surface area contributed by atoms with Gasteiger partial charge in [0.25, 0.3) is 0 Å². The molecule has 0 radical (unpaired) electrons. The molecular formula is C10H8N2. The van der Waals surface area contributed by atoms with Gasteiger partial charge in [0.1, 0.15) is 0 Å². The third-order valence-corrected chi connectivity index (χ3v) is 1.91. The molecule has 0 aliphatic carbocycles. The number of nitriles is 2. The van der Waals surface area contributed by atoms with Crippen LogP contribution in [0.2, 0.25) is 0 Å². The highest BCUT2D eigenvalue weighted by atomic mass is 14.3. The van der Waals surface area contributed by atoms with Crippen LogP contribution in [0.4, 0.5) is 0 Å². The average Bonchev–Trinajstić information content (AvgIpc) is 2.06. The molecule has 2 heteroatoms. The molecule has 0 bridgehead atoms. The summed E-state index contributed by atoms with van der Waals surface area (Å²) in [4.78, 5) is 0. The first-order chi connectivity index (χ1) is 5.70. The quantitative estimate of drug-likeness (QED) is 0.577. The Morgan fingerprint density at radius 3 is 2.25 bits per heavy atom. The maximum absolute atomic E-state index is 8.76. The summed E-state index contributed by atoms with van der Waals surface area (Å²) in [6.07, 6.45) is 0. The molecule has 0 aromatic heterocycles. The second kappa shape index (κ2) is 3.07. The van der Waals surface area contributed by atoms with E-state index >= 15 is 0 Å². The zero-order valence-corrected chi connectivity index (χ0v) is 7.05. The van der Waals surface area contributed by atoms with Crippen LogP contribution in [0, 0.1) is 36.5 Å². The van der Waals surface area contributed by atoms with Crippen LogP contribution in [0.3, 0.4) is 0 Å². The summed E-state index contributed by atoms with van der Waals surface area (Å²) < 4.78 is 0. The molecule has 0 fully saturated rings. The minimum Gasteiger partial charge on any atom is -0.192 e. The van der Waals surface area contributed by atoms with Gasteiger partial charge in [-0.05, 0) is 31.0 Å². The van der Waals surface area contributed by atoms with Gasteiger partial charge >= 0.3 is 0 Å². The maximum atomic E-state index is 8.76. The second-order valence-corrected chi connectivity index (χ2v) is 2.65. The molecule has 1 rings (SSSR count). The zero-order chi connectivity index (χ0) is 9.14. The number of benzene rings is 1. The SMILES string of the molecule is Cc1ccc(C#N)c(C)c1C#N.